The van der Waals surface area contributed by atoms with Gasteiger partial charge in [-0.2, -0.15) is 0 Å². The Morgan fingerprint density at radius 2 is 0.714 bits per heavy atom. The first-order valence-electron chi connectivity index (χ1n) is 9.10. The van der Waals surface area contributed by atoms with E-state index in [-0.39, 0.29) is 37.4 Å². The van der Waals surface area contributed by atoms with Crippen LogP contribution in [0.4, 0.5) is 4.79 Å². The fourth-order valence-corrected chi connectivity index (χ4v) is 1.97. The summed E-state index contributed by atoms with van der Waals surface area (Å²) in [7, 11) is -0.116. The third kappa shape index (κ3) is 18.3. The van der Waals surface area contributed by atoms with Gasteiger partial charge in [0.2, 0.25) is 0 Å². The van der Waals surface area contributed by atoms with Crippen LogP contribution in [0.15, 0.2) is 0 Å². The Morgan fingerprint density at radius 1 is 0.500 bits per heavy atom. The van der Waals surface area contributed by atoms with E-state index in [9.17, 15) is 4.79 Å². The van der Waals surface area contributed by atoms with Crippen molar-refractivity contribution >= 4 is 13.7 Å². The van der Waals surface area contributed by atoms with E-state index >= 15 is 0 Å². The normalized spacial score (nSPS) is 21.8. The summed E-state index contributed by atoms with van der Waals surface area (Å²) in [5.41, 5.74) is 0. The van der Waals surface area contributed by atoms with Gasteiger partial charge in [0.15, 0.2) is 0 Å². The van der Waals surface area contributed by atoms with Crippen LogP contribution in [0.3, 0.4) is 0 Å². The second-order valence-electron chi connectivity index (χ2n) is 5.36. The minimum atomic E-state index is -0.116. The average molecular weight is 415 g/mol. The predicted molar refractivity (Wildman–Crippen MR) is 103 cm³/mol. The summed E-state index contributed by atoms with van der Waals surface area (Å²) in [6, 6.07) is 0. The summed E-state index contributed by atoms with van der Waals surface area (Å²) in [5, 5.41) is 0. The van der Waals surface area contributed by atoms with Crippen LogP contribution in [0.2, 0.25) is 0 Å². The van der Waals surface area contributed by atoms with Crippen LogP contribution in [0.1, 0.15) is 0 Å². The number of carbonyl (C=O) groups is 1. The second kappa shape index (κ2) is 22.0. The van der Waals surface area contributed by atoms with Crippen LogP contribution in [-0.4, -0.2) is 124 Å². The van der Waals surface area contributed by atoms with E-state index in [2.05, 4.69) is 0 Å². The van der Waals surface area contributed by atoms with Crippen LogP contribution < -0.4 is 29.6 Å². The molecular weight excluding hydrogens is 380 g/mol. The first-order chi connectivity index (χ1) is 13.3. The van der Waals surface area contributed by atoms with Crippen LogP contribution >= 0.6 is 0 Å². The van der Waals surface area contributed by atoms with Crippen LogP contribution in [0, 0.1) is 0 Å². The number of hydrogen-bond acceptors (Lipinski definition) is 8. The van der Waals surface area contributed by atoms with Gasteiger partial charge in [0, 0.05) is 26.7 Å². The topological polar surface area (TPSA) is 84.9 Å². The zero-order valence-electron chi connectivity index (χ0n) is 16.5. The summed E-state index contributed by atoms with van der Waals surface area (Å²) in [6.07, 6.45) is 0. The molecule has 0 aliphatic carbocycles. The summed E-state index contributed by atoms with van der Waals surface area (Å²) >= 11 is 0. The van der Waals surface area contributed by atoms with E-state index in [1.165, 1.54) is 0 Å². The predicted octanol–water partition coefficient (Wildman–Crippen LogP) is -4.09. The Kier molecular flexibility index (Phi) is 22.2. The summed E-state index contributed by atoms with van der Waals surface area (Å²) in [4.78, 5) is 12.7. The molecule has 0 aromatic heterocycles. The number of hydrogen-bond donors (Lipinski definition) is 0. The average Bonchev–Trinajstić information content (AvgIpc) is 2.69. The monoisotopic (exact) mass is 415 g/mol. The van der Waals surface area contributed by atoms with Gasteiger partial charge in [-0.3, -0.25) is 0 Å². The molecule has 0 spiro atoms. The van der Waals surface area contributed by atoms with Crippen molar-refractivity contribution in [2.75, 3.05) is 106 Å². The van der Waals surface area contributed by atoms with Crippen molar-refractivity contribution in [2.45, 2.75) is 0 Å². The first-order valence-corrected chi connectivity index (χ1v) is 9.10. The summed E-state index contributed by atoms with van der Waals surface area (Å²) in [6.45, 7) is 10.1. The standard InChI is InChI=1S/C12H24O6.C5H11BNO2.Na/c1-2-14-5-6-16-9-10-18-12-11-17-8-7-15-4-3-13-1;6-5(8)7-1-3-9-4-2-7;/h1-12H2;1-4H2,6H3;/q;-1;+1. The SMILES string of the molecule is C1COCCOCCOCCOCCOCCO1.[BH3-]C(=O)N1CCOCC1.[Na+]. The van der Waals surface area contributed by atoms with E-state index in [0.29, 0.717) is 85.1 Å². The maximum atomic E-state index is 10.8. The van der Waals surface area contributed by atoms with Gasteiger partial charge in [-0.15, -0.1) is 0 Å². The first kappa shape index (κ1) is 28.3. The van der Waals surface area contributed by atoms with Crippen molar-refractivity contribution in [3.63, 3.8) is 0 Å². The molecule has 2 aliphatic heterocycles. The van der Waals surface area contributed by atoms with Crippen LogP contribution in [0.25, 0.3) is 0 Å². The molecule has 0 unspecified atom stereocenters. The molecule has 2 heterocycles. The molecule has 28 heavy (non-hydrogen) atoms. The fraction of sp³-hybridized carbons (Fsp3) is 0.941. The summed E-state index contributed by atoms with van der Waals surface area (Å²) < 4.78 is 37.0. The number of nitrogens with zero attached hydrogens (tertiary/aromatic N) is 1. The Balaban J connectivity index is 0.000000614. The van der Waals surface area contributed by atoms with Crippen molar-refractivity contribution in [3.05, 3.63) is 0 Å². The number of morpholine rings is 1. The van der Waals surface area contributed by atoms with E-state index in [1.54, 1.807) is 0 Å². The van der Waals surface area contributed by atoms with Gasteiger partial charge < -0.3 is 42.9 Å². The van der Waals surface area contributed by atoms with Crippen LogP contribution in [-0.2, 0) is 33.2 Å². The largest absolute Gasteiger partial charge is 1.00 e. The molecule has 0 atom stereocenters. The van der Waals surface area contributed by atoms with Gasteiger partial charge in [-0.1, -0.05) is 0 Å². The molecule has 2 aliphatic rings. The third-order valence-electron chi connectivity index (χ3n) is 3.37. The molecule has 2 rings (SSSR count). The van der Waals surface area contributed by atoms with Crippen molar-refractivity contribution in [1.82, 2.24) is 4.90 Å². The molecule has 2 fully saturated rings. The van der Waals surface area contributed by atoms with Gasteiger partial charge >= 0.3 is 29.6 Å². The van der Waals surface area contributed by atoms with E-state index in [4.69, 9.17) is 33.2 Å². The molecule has 0 saturated carbocycles. The molecule has 0 N–H and O–H groups in total. The Labute approximate surface area is 191 Å². The second-order valence-corrected chi connectivity index (χ2v) is 5.36. The Morgan fingerprint density at radius 3 is 0.893 bits per heavy atom. The van der Waals surface area contributed by atoms with Gasteiger partial charge in [-0.25, -0.2) is 0 Å². The number of amides is 1. The molecule has 160 valence electrons. The molecule has 0 radical (unpaired) electrons. The zero-order valence-corrected chi connectivity index (χ0v) is 18.5. The van der Waals surface area contributed by atoms with Gasteiger partial charge in [0.25, 0.3) is 0 Å². The number of rotatable bonds is 0. The number of ether oxygens (including phenoxy) is 7. The maximum absolute atomic E-state index is 10.8. The maximum Gasteiger partial charge on any atom is 1.00 e. The molecule has 9 nitrogen and oxygen atoms in total. The van der Waals surface area contributed by atoms with Crippen molar-refractivity contribution < 1.29 is 67.5 Å². The quantitative estimate of drug-likeness (QED) is 0.370. The minimum Gasteiger partial charge on any atom is -0.378 e. The van der Waals surface area contributed by atoms with Crippen molar-refractivity contribution in [1.29, 1.82) is 0 Å². The Hall–Kier alpha value is 0.255. The molecule has 0 aromatic rings. The van der Waals surface area contributed by atoms with Gasteiger partial charge in [-0.05, 0) is 0 Å². The fourth-order valence-electron chi connectivity index (χ4n) is 1.97. The minimum absolute atomic E-state index is 0. The van der Waals surface area contributed by atoms with E-state index in [1.807, 2.05) is 4.90 Å². The van der Waals surface area contributed by atoms with E-state index < -0.39 is 0 Å². The van der Waals surface area contributed by atoms with Gasteiger partial charge in [0.1, 0.15) is 0 Å². The third-order valence-corrected chi connectivity index (χ3v) is 3.37. The van der Waals surface area contributed by atoms with E-state index in [0.717, 1.165) is 26.3 Å². The van der Waals surface area contributed by atoms with Crippen molar-refractivity contribution in [2.24, 2.45) is 0 Å². The van der Waals surface area contributed by atoms with Crippen LogP contribution in [0.5, 0.6) is 0 Å². The molecular formula is C17H35BNNaO8. The molecule has 0 bridgehead atoms. The molecule has 1 amide bonds. The smallest absolute Gasteiger partial charge is 0.378 e. The van der Waals surface area contributed by atoms with Crippen molar-refractivity contribution in [3.8, 4) is 0 Å². The molecule has 11 heteroatoms. The number of carbonyl (C=O) groups excluding carboxylic acids is 1. The molecule has 2 saturated heterocycles. The zero-order chi connectivity index (χ0) is 19.4. The summed E-state index contributed by atoms with van der Waals surface area (Å²) in [5.74, 6) is 0.401. The Bertz CT molecular complexity index is 276. The molecule has 0 aromatic carbocycles. The van der Waals surface area contributed by atoms with Gasteiger partial charge in [0.05, 0.1) is 92.5 Å².